The van der Waals surface area contributed by atoms with E-state index < -0.39 is 0 Å². The number of thiazole rings is 2. The highest BCUT2D eigenvalue weighted by atomic mass is 32.1. The summed E-state index contributed by atoms with van der Waals surface area (Å²) in [6.07, 6.45) is 6.25. The lowest BCUT2D eigenvalue weighted by Gasteiger charge is -2.16. The van der Waals surface area contributed by atoms with Crippen LogP contribution in [-0.2, 0) is 12.8 Å². The maximum Gasteiger partial charge on any atom is 0.279 e. The first kappa shape index (κ1) is 14.4. The smallest absolute Gasteiger partial charge is 0.279 e. The van der Waals surface area contributed by atoms with Crippen molar-refractivity contribution in [1.29, 1.82) is 0 Å². The topological polar surface area (TPSA) is 46.1 Å². The third-order valence-corrected chi connectivity index (χ3v) is 5.41. The Morgan fingerprint density at radius 2 is 2.24 bits per heavy atom. The van der Waals surface area contributed by atoms with Gasteiger partial charge in [0.25, 0.3) is 5.91 Å². The lowest BCUT2D eigenvalue weighted by Crippen LogP contribution is -2.31. The molecule has 0 aliphatic heterocycles. The van der Waals surface area contributed by atoms with Gasteiger partial charge in [-0.25, -0.2) is 9.97 Å². The van der Waals surface area contributed by atoms with Gasteiger partial charge in [-0.3, -0.25) is 9.69 Å². The summed E-state index contributed by atoms with van der Waals surface area (Å²) in [5.41, 5.74) is 1.66. The molecule has 2 aromatic heterocycles. The second-order valence-corrected chi connectivity index (χ2v) is 7.15. The van der Waals surface area contributed by atoms with Crippen LogP contribution in [0.4, 0.5) is 5.13 Å². The van der Waals surface area contributed by atoms with Crippen molar-refractivity contribution >= 4 is 33.7 Å². The van der Waals surface area contributed by atoms with E-state index in [2.05, 4.69) is 16.5 Å². The van der Waals surface area contributed by atoms with E-state index in [4.69, 9.17) is 0 Å². The van der Waals surface area contributed by atoms with Crippen molar-refractivity contribution in [3.05, 3.63) is 39.3 Å². The molecule has 0 radical (unpaired) electrons. The first-order valence-corrected chi connectivity index (χ1v) is 8.72. The second kappa shape index (κ2) is 6.07. The SMILES string of the molecule is C=CCN(C(=O)c1csc(C)n1)c1nc2c(s1)CCCC2. The first-order valence-electron chi connectivity index (χ1n) is 7.02. The Kier molecular flexibility index (Phi) is 4.17. The van der Waals surface area contributed by atoms with E-state index in [1.807, 2.05) is 6.92 Å². The third-order valence-electron chi connectivity index (χ3n) is 3.46. The van der Waals surface area contributed by atoms with Crippen LogP contribution in [0.2, 0.25) is 0 Å². The summed E-state index contributed by atoms with van der Waals surface area (Å²) >= 11 is 3.12. The molecule has 0 aromatic carbocycles. The molecule has 110 valence electrons. The molecule has 1 amide bonds. The summed E-state index contributed by atoms with van der Waals surface area (Å²) < 4.78 is 0. The van der Waals surface area contributed by atoms with Crippen molar-refractivity contribution < 1.29 is 4.79 Å². The van der Waals surface area contributed by atoms with Crippen LogP contribution in [-0.4, -0.2) is 22.4 Å². The summed E-state index contributed by atoms with van der Waals surface area (Å²) in [4.78, 5) is 24.6. The molecule has 0 saturated carbocycles. The van der Waals surface area contributed by atoms with Crippen molar-refractivity contribution in [1.82, 2.24) is 9.97 Å². The molecule has 4 nitrogen and oxygen atoms in total. The summed E-state index contributed by atoms with van der Waals surface area (Å²) in [6, 6.07) is 0. The number of hydrogen-bond acceptors (Lipinski definition) is 5. The number of hydrogen-bond donors (Lipinski definition) is 0. The normalized spacial score (nSPS) is 13.8. The average Bonchev–Trinajstić information content (AvgIpc) is 3.09. The fraction of sp³-hybridized carbons (Fsp3) is 0.400. The van der Waals surface area contributed by atoms with Crippen LogP contribution in [0.3, 0.4) is 0 Å². The Balaban J connectivity index is 1.92. The molecule has 0 atom stereocenters. The Morgan fingerprint density at radius 3 is 2.90 bits per heavy atom. The quantitative estimate of drug-likeness (QED) is 0.809. The standard InChI is InChI=1S/C15H17N3OS2/c1-3-8-18(14(19)12-9-20-10(2)16-12)15-17-11-6-4-5-7-13(11)21-15/h3,9H,1,4-8H2,2H3. The summed E-state index contributed by atoms with van der Waals surface area (Å²) in [5.74, 6) is -0.0923. The number of amides is 1. The molecule has 6 heteroatoms. The number of carbonyl (C=O) groups is 1. The van der Waals surface area contributed by atoms with Gasteiger partial charge in [0.05, 0.1) is 10.7 Å². The zero-order chi connectivity index (χ0) is 14.8. The van der Waals surface area contributed by atoms with Crippen molar-refractivity contribution in [3.63, 3.8) is 0 Å². The molecule has 0 saturated heterocycles. The predicted octanol–water partition coefficient (Wildman–Crippen LogP) is 3.62. The Morgan fingerprint density at radius 1 is 1.43 bits per heavy atom. The first-order chi connectivity index (χ1) is 10.2. The van der Waals surface area contributed by atoms with Gasteiger partial charge in [0.1, 0.15) is 5.69 Å². The Labute approximate surface area is 132 Å². The highest BCUT2D eigenvalue weighted by Crippen LogP contribution is 2.32. The lowest BCUT2D eigenvalue weighted by molar-refractivity contribution is 0.0985. The predicted molar refractivity (Wildman–Crippen MR) is 87.5 cm³/mol. The maximum atomic E-state index is 12.7. The monoisotopic (exact) mass is 319 g/mol. The van der Waals surface area contributed by atoms with Gasteiger partial charge in [-0.1, -0.05) is 6.08 Å². The number of rotatable bonds is 4. The highest BCUT2D eigenvalue weighted by molar-refractivity contribution is 7.16. The van der Waals surface area contributed by atoms with Crippen LogP contribution >= 0.6 is 22.7 Å². The van der Waals surface area contributed by atoms with Gasteiger partial charge in [-0.15, -0.1) is 29.3 Å². The number of aromatic nitrogens is 2. The van der Waals surface area contributed by atoms with Gasteiger partial charge >= 0.3 is 0 Å². The van der Waals surface area contributed by atoms with Crippen LogP contribution in [0.5, 0.6) is 0 Å². The summed E-state index contributed by atoms with van der Waals surface area (Å²) in [7, 11) is 0. The third kappa shape index (κ3) is 2.91. The Hall–Kier alpha value is -1.53. The van der Waals surface area contributed by atoms with E-state index in [9.17, 15) is 4.79 Å². The molecule has 0 N–H and O–H groups in total. The van der Waals surface area contributed by atoms with Gasteiger partial charge < -0.3 is 0 Å². The molecule has 21 heavy (non-hydrogen) atoms. The lowest BCUT2D eigenvalue weighted by atomic mass is 10.0. The number of carbonyl (C=O) groups excluding carboxylic acids is 1. The van der Waals surface area contributed by atoms with Crippen molar-refractivity contribution in [2.45, 2.75) is 32.6 Å². The van der Waals surface area contributed by atoms with Crippen molar-refractivity contribution in [2.75, 3.05) is 11.4 Å². The molecule has 0 unspecified atom stereocenters. The minimum Gasteiger partial charge on any atom is -0.279 e. The van der Waals surface area contributed by atoms with E-state index in [1.165, 1.54) is 29.1 Å². The number of nitrogens with zero attached hydrogens (tertiary/aromatic N) is 3. The van der Waals surface area contributed by atoms with Gasteiger partial charge in [0.2, 0.25) is 0 Å². The Bertz CT molecular complexity index is 651. The molecule has 0 bridgehead atoms. The summed E-state index contributed by atoms with van der Waals surface area (Å²) in [6.45, 7) is 6.12. The van der Waals surface area contributed by atoms with Crippen LogP contribution in [0, 0.1) is 6.92 Å². The van der Waals surface area contributed by atoms with Gasteiger partial charge in [0, 0.05) is 16.8 Å². The van der Waals surface area contributed by atoms with Crippen LogP contribution in [0.15, 0.2) is 18.0 Å². The maximum absolute atomic E-state index is 12.7. The minimum absolute atomic E-state index is 0.0923. The van der Waals surface area contributed by atoms with Gasteiger partial charge in [-0.05, 0) is 32.6 Å². The van der Waals surface area contributed by atoms with Crippen molar-refractivity contribution in [2.24, 2.45) is 0 Å². The van der Waals surface area contributed by atoms with E-state index in [1.54, 1.807) is 27.7 Å². The number of aryl methyl sites for hydroxylation is 3. The molecule has 2 heterocycles. The number of fused-ring (bicyclic) bond motifs is 1. The van der Waals surface area contributed by atoms with Crippen LogP contribution < -0.4 is 4.90 Å². The zero-order valence-electron chi connectivity index (χ0n) is 12.0. The summed E-state index contributed by atoms with van der Waals surface area (Å²) in [5, 5.41) is 3.48. The largest absolute Gasteiger partial charge is 0.279 e. The average molecular weight is 319 g/mol. The van der Waals surface area contributed by atoms with E-state index in [0.29, 0.717) is 12.2 Å². The molecule has 0 spiro atoms. The molecule has 1 aliphatic rings. The molecule has 3 rings (SSSR count). The zero-order valence-corrected chi connectivity index (χ0v) is 13.6. The molecule has 2 aromatic rings. The van der Waals surface area contributed by atoms with Crippen LogP contribution in [0.25, 0.3) is 0 Å². The second-order valence-electron chi connectivity index (χ2n) is 5.03. The van der Waals surface area contributed by atoms with Crippen LogP contribution in [0.1, 0.15) is 38.9 Å². The minimum atomic E-state index is -0.0923. The number of anilines is 1. The fourth-order valence-corrected chi connectivity index (χ4v) is 4.17. The molecular weight excluding hydrogens is 302 g/mol. The molecule has 1 aliphatic carbocycles. The van der Waals surface area contributed by atoms with E-state index in [-0.39, 0.29) is 5.91 Å². The van der Waals surface area contributed by atoms with Gasteiger partial charge in [-0.2, -0.15) is 0 Å². The van der Waals surface area contributed by atoms with E-state index >= 15 is 0 Å². The van der Waals surface area contributed by atoms with Gasteiger partial charge in [0.15, 0.2) is 5.13 Å². The molecular formula is C15H17N3OS2. The fourth-order valence-electron chi connectivity index (χ4n) is 2.43. The molecule has 0 fully saturated rings. The van der Waals surface area contributed by atoms with Crippen molar-refractivity contribution in [3.8, 4) is 0 Å². The highest BCUT2D eigenvalue weighted by Gasteiger charge is 2.24. The van der Waals surface area contributed by atoms with E-state index in [0.717, 1.165) is 28.7 Å².